The van der Waals surface area contributed by atoms with Crippen molar-refractivity contribution in [3.63, 3.8) is 0 Å². The average molecular weight is 355 g/mol. The van der Waals surface area contributed by atoms with E-state index in [0.717, 1.165) is 16.7 Å². The maximum Gasteiger partial charge on any atom is 0.252 e. The first kappa shape index (κ1) is 20.0. The van der Waals surface area contributed by atoms with Crippen molar-refractivity contribution in [3.05, 3.63) is 64.7 Å². The van der Waals surface area contributed by atoms with Gasteiger partial charge in [0.1, 0.15) is 11.9 Å². The van der Waals surface area contributed by atoms with Crippen molar-refractivity contribution in [2.45, 2.75) is 46.3 Å². The molecule has 0 heterocycles. The number of hydrogen-bond acceptors (Lipinski definition) is 3. The molecule has 140 valence electrons. The smallest absolute Gasteiger partial charge is 0.252 e. The normalized spacial score (nSPS) is 14.6. The van der Waals surface area contributed by atoms with Gasteiger partial charge in [-0.05, 0) is 44.4 Å². The van der Waals surface area contributed by atoms with Gasteiger partial charge in [-0.15, -0.1) is 0 Å². The van der Waals surface area contributed by atoms with Gasteiger partial charge in [-0.3, -0.25) is 4.79 Å². The molecule has 0 aliphatic heterocycles. The van der Waals surface area contributed by atoms with E-state index in [2.05, 4.69) is 5.32 Å². The van der Waals surface area contributed by atoms with E-state index in [0.29, 0.717) is 11.3 Å². The van der Waals surface area contributed by atoms with Crippen molar-refractivity contribution in [2.24, 2.45) is 5.92 Å². The standard InChI is InChI=1S/C22H29NO3/c1-14(2)22(5,20(24)17-10-7-9-15(3)13-17)23-21(25)18-11-8-12-19(26-6)16(18)4/h7-14,20,24H,1-6H3,(H,23,25)/t20-,22?/m1/s1. The molecule has 2 aromatic carbocycles. The first-order valence-corrected chi connectivity index (χ1v) is 8.91. The molecule has 26 heavy (non-hydrogen) atoms. The Kier molecular flexibility index (Phi) is 6.09. The summed E-state index contributed by atoms with van der Waals surface area (Å²) in [5.41, 5.74) is 2.38. The van der Waals surface area contributed by atoms with Gasteiger partial charge in [-0.2, -0.15) is 0 Å². The Labute approximate surface area is 156 Å². The number of ether oxygens (including phenoxy) is 1. The van der Waals surface area contributed by atoms with Crippen molar-refractivity contribution in [3.8, 4) is 5.75 Å². The lowest BCUT2D eigenvalue weighted by Gasteiger charge is -2.39. The fraction of sp³-hybridized carbons (Fsp3) is 0.409. The summed E-state index contributed by atoms with van der Waals surface area (Å²) in [6, 6.07) is 13.1. The zero-order valence-corrected chi connectivity index (χ0v) is 16.5. The van der Waals surface area contributed by atoms with Crippen LogP contribution in [0.4, 0.5) is 0 Å². The summed E-state index contributed by atoms with van der Waals surface area (Å²) >= 11 is 0. The van der Waals surface area contributed by atoms with Crippen molar-refractivity contribution in [1.82, 2.24) is 5.32 Å². The van der Waals surface area contributed by atoms with Crippen molar-refractivity contribution < 1.29 is 14.6 Å². The summed E-state index contributed by atoms with van der Waals surface area (Å²) in [6.45, 7) is 9.73. The van der Waals surface area contributed by atoms with Crippen LogP contribution in [0.1, 0.15) is 53.9 Å². The number of hydrogen-bond donors (Lipinski definition) is 2. The molecule has 1 amide bonds. The Hall–Kier alpha value is -2.33. The van der Waals surface area contributed by atoms with E-state index >= 15 is 0 Å². The Bertz CT molecular complexity index is 785. The topological polar surface area (TPSA) is 58.6 Å². The van der Waals surface area contributed by atoms with E-state index in [1.807, 2.05) is 65.0 Å². The number of aliphatic hydroxyl groups excluding tert-OH is 1. The first-order chi connectivity index (χ1) is 12.2. The molecule has 1 unspecified atom stereocenters. The Balaban J connectivity index is 2.37. The monoisotopic (exact) mass is 355 g/mol. The number of amides is 1. The van der Waals surface area contributed by atoms with Crippen LogP contribution in [0.15, 0.2) is 42.5 Å². The zero-order chi connectivity index (χ0) is 19.5. The van der Waals surface area contributed by atoms with Crippen LogP contribution in [0, 0.1) is 19.8 Å². The predicted molar refractivity (Wildman–Crippen MR) is 105 cm³/mol. The van der Waals surface area contributed by atoms with E-state index in [1.54, 1.807) is 19.2 Å². The van der Waals surface area contributed by atoms with Crippen LogP contribution in [0.5, 0.6) is 5.75 Å². The third-order valence-electron chi connectivity index (χ3n) is 5.26. The van der Waals surface area contributed by atoms with Crippen LogP contribution < -0.4 is 10.1 Å². The Morgan fingerprint density at radius 3 is 2.38 bits per heavy atom. The van der Waals surface area contributed by atoms with Crippen molar-refractivity contribution >= 4 is 5.91 Å². The molecule has 0 aliphatic carbocycles. The maximum absolute atomic E-state index is 13.0. The van der Waals surface area contributed by atoms with Gasteiger partial charge in [0.05, 0.1) is 12.6 Å². The summed E-state index contributed by atoms with van der Waals surface area (Å²) in [4.78, 5) is 13.0. The second-order valence-corrected chi connectivity index (χ2v) is 7.34. The number of aryl methyl sites for hydroxylation is 1. The van der Waals surface area contributed by atoms with Crippen LogP contribution in [-0.4, -0.2) is 23.7 Å². The molecule has 0 spiro atoms. The molecule has 0 radical (unpaired) electrons. The Morgan fingerprint density at radius 2 is 1.81 bits per heavy atom. The largest absolute Gasteiger partial charge is 0.496 e. The fourth-order valence-electron chi connectivity index (χ4n) is 3.11. The summed E-state index contributed by atoms with van der Waals surface area (Å²) in [5, 5.41) is 14.1. The lowest BCUT2D eigenvalue weighted by atomic mass is 9.79. The minimum atomic E-state index is -0.822. The summed E-state index contributed by atoms with van der Waals surface area (Å²) in [5.74, 6) is 0.473. The van der Waals surface area contributed by atoms with E-state index in [1.165, 1.54) is 0 Å². The minimum Gasteiger partial charge on any atom is -0.496 e. The summed E-state index contributed by atoms with van der Waals surface area (Å²) in [7, 11) is 1.59. The first-order valence-electron chi connectivity index (χ1n) is 8.91. The predicted octanol–water partition coefficient (Wildman–Crippen LogP) is 4.19. The molecule has 0 fully saturated rings. The molecule has 2 atom stereocenters. The second kappa shape index (κ2) is 7.92. The molecule has 0 aromatic heterocycles. The number of aliphatic hydroxyl groups is 1. The molecule has 4 heteroatoms. The lowest BCUT2D eigenvalue weighted by molar-refractivity contribution is 0.0348. The number of carbonyl (C=O) groups is 1. The highest BCUT2D eigenvalue weighted by molar-refractivity contribution is 5.96. The van der Waals surface area contributed by atoms with Crippen LogP contribution in [-0.2, 0) is 0 Å². The highest BCUT2D eigenvalue weighted by Gasteiger charge is 2.39. The van der Waals surface area contributed by atoms with Gasteiger partial charge >= 0.3 is 0 Å². The highest BCUT2D eigenvalue weighted by atomic mass is 16.5. The minimum absolute atomic E-state index is 0.0212. The van der Waals surface area contributed by atoms with Gasteiger partial charge in [0.2, 0.25) is 0 Å². The fourth-order valence-corrected chi connectivity index (χ4v) is 3.11. The molecular formula is C22H29NO3. The molecule has 0 bridgehead atoms. The van der Waals surface area contributed by atoms with E-state index in [-0.39, 0.29) is 11.8 Å². The van der Waals surface area contributed by atoms with Crippen molar-refractivity contribution in [1.29, 1.82) is 0 Å². The zero-order valence-electron chi connectivity index (χ0n) is 16.5. The molecule has 2 N–H and O–H groups in total. The van der Waals surface area contributed by atoms with E-state index < -0.39 is 11.6 Å². The number of methoxy groups -OCH3 is 1. The third-order valence-corrected chi connectivity index (χ3v) is 5.26. The lowest BCUT2D eigenvalue weighted by Crippen LogP contribution is -2.54. The van der Waals surface area contributed by atoms with Gasteiger partial charge in [0, 0.05) is 11.1 Å². The van der Waals surface area contributed by atoms with Crippen LogP contribution in [0.3, 0.4) is 0 Å². The quantitative estimate of drug-likeness (QED) is 0.817. The molecule has 4 nitrogen and oxygen atoms in total. The SMILES string of the molecule is COc1cccc(C(=O)NC(C)(C(C)C)[C@H](O)c2cccc(C)c2)c1C. The molecular weight excluding hydrogens is 326 g/mol. The molecule has 0 aliphatic rings. The Morgan fingerprint density at radius 1 is 1.15 bits per heavy atom. The summed E-state index contributed by atoms with van der Waals surface area (Å²) < 4.78 is 5.31. The van der Waals surface area contributed by atoms with Crippen LogP contribution >= 0.6 is 0 Å². The average Bonchev–Trinajstić information content (AvgIpc) is 2.60. The van der Waals surface area contributed by atoms with Crippen molar-refractivity contribution in [2.75, 3.05) is 7.11 Å². The summed E-state index contributed by atoms with van der Waals surface area (Å²) in [6.07, 6.45) is -0.822. The maximum atomic E-state index is 13.0. The number of benzene rings is 2. The number of nitrogens with one attached hydrogen (secondary N) is 1. The number of carbonyl (C=O) groups excluding carboxylic acids is 1. The van der Waals surface area contributed by atoms with Gasteiger partial charge < -0.3 is 15.2 Å². The molecule has 2 aromatic rings. The third kappa shape index (κ3) is 3.91. The second-order valence-electron chi connectivity index (χ2n) is 7.34. The number of rotatable bonds is 6. The molecule has 0 saturated heterocycles. The van der Waals surface area contributed by atoms with Crippen LogP contribution in [0.2, 0.25) is 0 Å². The highest BCUT2D eigenvalue weighted by Crippen LogP contribution is 2.33. The van der Waals surface area contributed by atoms with Gasteiger partial charge in [0.25, 0.3) is 5.91 Å². The molecule has 2 rings (SSSR count). The van der Waals surface area contributed by atoms with Gasteiger partial charge in [-0.25, -0.2) is 0 Å². The van der Waals surface area contributed by atoms with E-state index in [9.17, 15) is 9.90 Å². The van der Waals surface area contributed by atoms with E-state index in [4.69, 9.17) is 4.74 Å². The van der Waals surface area contributed by atoms with Gasteiger partial charge in [0.15, 0.2) is 0 Å². The molecule has 0 saturated carbocycles. The van der Waals surface area contributed by atoms with Gasteiger partial charge in [-0.1, -0.05) is 49.7 Å². The van der Waals surface area contributed by atoms with Crippen LogP contribution in [0.25, 0.3) is 0 Å².